The third-order valence-electron chi connectivity index (χ3n) is 5.51. The van der Waals surface area contributed by atoms with Gasteiger partial charge in [0.1, 0.15) is 0 Å². The molecule has 1 aliphatic rings. The summed E-state index contributed by atoms with van der Waals surface area (Å²) in [6.45, 7) is 1.10. The van der Waals surface area contributed by atoms with Crippen LogP contribution in [0.4, 0.5) is 0 Å². The van der Waals surface area contributed by atoms with Crippen molar-refractivity contribution in [3.8, 4) is 5.69 Å². The fourth-order valence-corrected chi connectivity index (χ4v) is 4.42. The van der Waals surface area contributed by atoms with Crippen molar-refractivity contribution >= 4 is 40.0 Å². The fraction of sp³-hybridized carbons (Fsp3) is 0.182. The molecule has 1 amide bonds. The number of rotatable bonds is 2. The van der Waals surface area contributed by atoms with Crippen LogP contribution in [0.1, 0.15) is 21.6 Å². The van der Waals surface area contributed by atoms with E-state index in [0.29, 0.717) is 35.1 Å². The lowest BCUT2D eigenvalue weighted by atomic mass is 10.1. The topological polar surface area (TPSA) is 43.1 Å². The zero-order valence-corrected chi connectivity index (χ0v) is 17.3. The number of benzene rings is 2. The van der Waals surface area contributed by atoms with Gasteiger partial charge in [-0.25, -0.2) is 4.68 Å². The number of carbonyl (C=O) groups is 1. The Labute approximate surface area is 178 Å². The van der Waals surface area contributed by atoms with E-state index in [2.05, 4.69) is 5.10 Å². The van der Waals surface area contributed by atoms with Crippen LogP contribution >= 0.6 is 23.2 Å². The molecule has 0 saturated heterocycles. The van der Waals surface area contributed by atoms with E-state index >= 15 is 0 Å². The van der Waals surface area contributed by atoms with E-state index in [1.807, 2.05) is 76.1 Å². The molecule has 0 bridgehead atoms. The fourth-order valence-electron chi connectivity index (χ4n) is 3.96. The van der Waals surface area contributed by atoms with Gasteiger partial charge in [-0.1, -0.05) is 35.3 Å². The molecule has 0 spiro atoms. The number of carbonyl (C=O) groups excluding carboxylic acids is 1. The highest BCUT2D eigenvalue weighted by Crippen LogP contribution is 2.29. The van der Waals surface area contributed by atoms with E-state index in [1.54, 1.807) is 0 Å². The summed E-state index contributed by atoms with van der Waals surface area (Å²) in [5.41, 5.74) is 4.52. The van der Waals surface area contributed by atoms with Crippen LogP contribution in [-0.4, -0.2) is 31.7 Å². The van der Waals surface area contributed by atoms with E-state index in [-0.39, 0.29) is 5.91 Å². The molecule has 2 aromatic heterocycles. The number of amides is 1. The largest absolute Gasteiger partial charge is 0.351 e. The lowest BCUT2D eigenvalue weighted by Crippen LogP contribution is -2.36. The van der Waals surface area contributed by atoms with Gasteiger partial charge in [0, 0.05) is 49.2 Å². The summed E-state index contributed by atoms with van der Waals surface area (Å²) in [7, 11) is 1.96. The molecule has 0 atom stereocenters. The highest BCUT2D eigenvalue weighted by atomic mass is 35.5. The molecule has 0 N–H and O–H groups in total. The minimum atomic E-state index is -0.0584. The highest BCUT2D eigenvalue weighted by molar-refractivity contribution is 6.34. The minimum Gasteiger partial charge on any atom is -0.351 e. The van der Waals surface area contributed by atoms with E-state index in [0.717, 1.165) is 27.8 Å². The van der Waals surface area contributed by atoms with Gasteiger partial charge in [0.05, 0.1) is 33.2 Å². The molecule has 0 radical (unpaired) electrons. The average molecular weight is 425 g/mol. The Morgan fingerprint density at radius 2 is 1.93 bits per heavy atom. The summed E-state index contributed by atoms with van der Waals surface area (Å²) in [6, 6.07) is 13.4. The Balaban J connectivity index is 1.45. The van der Waals surface area contributed by atoms with Gasteiger partial charge in [-0.05, 0) is 30.3 Å². The molecule has 0 fully saturated rings. The molecule has 3 heterocycles. The number of halogens is 2. The van der Waals surface area contributed by atoms with E-state index < -0.39 is 0 Å². The minimum absolute atomic E-state index is 0.0584. The van der Waals surface area contributed by atoms with Gasteiger partial charge < -0.3 is 9.47 Å². The summed E-state index contributed by atoms with van der Waals surface area (Å²) in [5.74, 6) is -0.0584. The Morgan fingerprint density at radius 1 is 1.10 bits per heavy atom. The van der Waals surface area contributed by atoms with Crippen molar-refractivity contribution < 1.29 is 4.79 Å². The van der Waals surface area contributed by atoms with Gasteiger partial charge in [-0.2, -0.15) is 5.10 Å². The lowest BCUT2D eigenvalue weighted by Gasteiger charge is -2.28. The van der Waals surface area contributed by atoms with Crippen molar-refractivity contribution in [2.45, 2.75) is 13.0 Å². The van der Waals surface area contributed by atoms with Gasteiger partial charge >= 0.3 is 0 Å². The summed E-state index contributed by atoms with van der Waals surface area (Å²) < 4.78 is 3.87. The number of para-hydroxylation sites is 1. The molecule has 2 aromatic carbocycles. The van der Waals surface area contributed by atoms with Crippen LogP contribution in [0.15, 0.2) is 54.9 Å². The second-order valence-electron chi connectivity index (χ2n) is 7.27. The van der Waals surface area contributed by atoms with Crippen LogP contribution in [0.5, 0.6) is 0 Å². The van der Waals surface area contributed by atoms with Crippen LogP contribution in [0.2, 0.25) is 10.0 Å². The van der Waals surface area contributed by atoms with Crippen LogP contribution in [-0.2, 0) is 20.0 Å². The molecule has 5 nitrogen and oxygen atoms in total. The predicted molar refractivity (Wildman–Crippen MR) is 115 cm³/mol. The van der Waals surface area contributed by atoms with Gasteiger partial charge in [0.2, 0.25) is 0 Å². The SMILES string of the molecule is Cn1ccc2cc(C(=O)N3CCc4c(cnn4-c4ccccc4Cl)C3)c(Cl)cc21. The van der Waals surface area contributed by atoms with Crippen molar-refractivity contribution in [2.75, 3.05) is 6.54 Å². The van der Waals surface area contributed by atoms with Crippen LogP contribution in [0, 0.1) is 0 Å². The molecule has 146 valence electrons. The summed E-state index contributed by atoms with van der Waals surface area (Å²) >= 11 is 12.8. The van der Waals surface area contributed by atoms with Crippen LogP contribution in [0.3, 0.4) is 0 Å². The molecule has 0 unspecified atom stereocenters. The Kier molecular flexibility index (Phi) is 4.37. The Morgan fingerprint density at radius 3 is 2.76 bits per heavy atom. The summed E-state index contributed by atoms with van der Waals surface area (Å²) in [5, 5.41) is 6.65. The number of hydrogen-bond acceptors (Lipinski definition) is 2. The predicted octanol–water partition coefficient (Wildman–Crippen LogP) is 4.87. The van der Waals surface area contributed by atoms with Crippen molar-refractivity contribution in [3.63, 3.8) is 0 Å². The quantitative estimate of drug-likeness (QED) is 0.460. The summed E-state index contributed by atoms with van der Waals surface area (Å²) in [6.07, 6.45) is 4.49. The van der Waals surface area contributed by atoms with Crippen molar-refractivity contribution in [1.82, 2.24) is 19.2 Å². The molecule has 0 aliphatic carbocycles. The molecule has 7 heteroatoms. The first-order valence-electron chi connectivity index (χ1n) is 9.37. The number of aryl methyl sites for hydroxylation is 1. The maximum Gasteiger partial charge on any atom is 0.255 e. The van der Waals surface area contributed by atoms with Crippen molar-refractivity contribution in [2.24, 2.45) is 7.05 Å². The molecular weight excluding hydrogens is 407 g/mol. The molecule has 4 aromatic rings. The Hall–Kier alpha value is -2.76. The Bertz CT molecular complexity index is 1260. The second-order valence-corrected chi connectivity index (χ2v) is 8.09. The average Bonchev–Trinajstić information content (AvgIpc) is 3.30. The van der Waals surface area contributed by atoms with Crippen molar-refractivity contribution in [3.05, 3.63) is 81.7 Å². The second kappa shape index (κ2) is 6.94. The number of fused-ring (bicyclic) bond motifs is 2. The smallest absolute Gasteiger partial charge is 0.255 e. The zero-order valence-electron chi connectivity index (χ0n) is 15.8. The zero-order chi connectivity index (χ0) is 20.1. The molecule has 5 rings (SSSR count). The van der Waals surface area contributed by atoms with E-state index in [1.165, 1.54) is 0 Å². The van der Waals surface area contributed by atoms with Crippen LogP contribution < -0.4 is 0 Å². The van der Waals surface area contributed by atoms with Gasteiger partial charge in [0.15, 0.2) is 0 Å². The number of aromatic nitrogens is 3. The normalized spacial score (nSPS) is 13.7. The first-order chi connectivity index (χ1) is 14.0. The monoisotopic (exact) mass is 424 g/mol. The maximum atomic E-state index is 13.2. The first kappa shape index (κ1) is 18.3. The van der Waals surface area contributed by atoms with Gasteiger partial charge in [-0.3, -0.25) is 4.79 Å². The standard InChI is InChI=1S/C22H18Cl2N4O/c1-26-8-6-14-10-16(18(24)11-21(14)26)22(29)27-9-7-19-15(13-27)12-25-28(19)20-5-3-2-4-17(20)23/h2-6,8,10-12H,7,9,13H2,1H3. The van der Waals surface area contributed by atoms with Gasteiger partial charge in [0.25, 0.3) is 5.91 Å². The number of hydrogen-bond donors (Lipinski definition) is 0. The van der Waals surface area contributed by atoms with Gasteiger partial charge in [-0.15, -0.1) is 0 Å². The lowest BCUT2D eigenvalue weighted by molar-refractivity contribution is 0.0734. The molecular formula is C22H18Cl2N4O. The molecule has 0 saturated carbocycles. The third kappa shape index (κ3) is 3.02. The van der Waals surface area contributed by atoms with E-state index in [9.17, 15) is 4.79 Å². The third-order valence-corrected chi connectivity index (χ3v) is 6.14. The maximum absolute atomic E-state index is 13.2. The van der Waals surface area contributed by atoms with Crippen LogP contribution in [0.25, 0.3) is 16.6 Å². The van der Waals surface area contributed by atoms with E-state index in [4.69, 9.17) is 23.2 Å². The summed E-state index contributed by atoms with van der Waals surface area (Å²) in [4.78, 5) is 15.0. The molecule has 1 aliphatic heterocycles. The van der Waals surface area contributed by atoms with Crippen molar-refractivity contribution in [1.29, 1.82) is 0 Å². The first-order valence-corrected chi connectivity index (χ1v) is 10.1. The number of nitrogens with zero attached hydrogens (tertiary/aromatic N) is 4. The molecule has 29 heavy (non-hydrogen) atoms. The highest BCUT2D eigenvalue weighted by Gasteiger charge is 2.27.